The number of hydrogen-bond acceptors (Lipinski definition) is 7. The molecule has 7 heteroatoms. The third-order valence-electron chi connectivity index (χ3n) is 5.05. The molecule has 1 saturated heterocycles. The Morgan fingerprint density at radius 1 is 1.35 bits per heavy atom. The lowest BCUT2D eigenvalue weighted by molar-refractivity contribution is 0.299. The zero-order chi connectivity index (χ0) is 15.9. The van der Waals surface area contributed by atoms with Crippen molar-refractivity contribution in [3.05, 3.63) is 24.2 Å². The molecular weight excluding hydrogens is 294 g/mol. The third-order valence-corrected chi connectivity index (χ3v) is 5.05. The molecule has 0 unspecified atom stereocenters. The minimum absolute atomic E-state index is 0.0533. The highest BCUT2D eigenvalue weighted by atomic mass is 16.5. The van der Waals surface area contributed by atoms with Crippen molar-refractivity contribution in [1.82, 2.24) is 20.2 Å². The zero-order valence-corrected chi connectivity index (χ0v) is 13.5. The van der Waals surface area contributed by atoms with Gasteiger partial charge in [-0.3, -0.25) is 0 Å². The molecule has 7 nitrogen and oxygen atoms in total. The van der Waals surface area contributed by atoms with Crippen molar-refractivity contribution in [1.29, 1.82) is 0 Å². The monoisotopic (exact) mass is 315 g/mol. The van der Waals surface area contributed by atoms with Gasteiger partial charge < -0.3 is 14.1 Å². The van der Waals surface area contributed by atoms with Crippen LogP contribution in [0.15, 0.2) is 16.8 Å². The largest absolute Gasteiger partial charge is 0.475 e. The van der Waals surface area contributed by atoms with Crippen LogP contribution in [-0.2, 0) is 5.41 Å². The van der Waals surface area contributed by atoms with Gasteiger partial charge in [-0.1, -0.05) is 6.42 Å². The number of nitrogens with zero attached hydrogens (tertiary/aromatic N) is 5. The highest BCUT2D eigenvalue weighted by molar-refractivity contribution is 5.51. The molecule has 0 bridgehead atoms. The molecule has 3 heterocycles. The maximum absolute atomic E-state index is 5.82. The van der Waals surface area contributed by atoms with Gasteiger partial charge in [0.15, 0.2) is 5.82 Å². The van der Waals surface area contributed by atoms with E-state index in [9.17, 15) is 0 Å². The fraction of sp³-hybridized carbons (Fsp3) is 0.625. The van der Waals surface area contributed by atoms with Gasteiger partial charge in [0, 0.05) is 32.4 Å². The van der Waals surface area contributed by atoms with E-state index in [4.69, 9.17) is 9.15 Å². The summed E-state index contributed by atoms with van der Waals surface area (Å²) < 4.78 is 11.5. The molecule has 2 aromatic heterocycles. The van der Waals surface area contributed by atoms with E-state index in [1.165, 1.54) is 12.8 Å². The maximum atomic E-state index is 5.82. The first-order valence-corrected chi connectivity index (χ1v) is 8.22. The summed E-state index contributed by atoms with van der Waals surface area (Å²) in [5.74, 6) is 3.35. The SMILES string of the molecule is CCOc1nccnc1N1C[C@@H]2CCC[C@]2(c2nnc(C)o2)C1. The molecule has 0 radical (unpaired) electrons. The van der Waals surface area contributed by atoms with Crippen LogP contribution in [0.4, 0.5) is 5.82 Å². The molecule has 0 aromatic carbocycles. The van der Waals surface area contributed by atoms with Crippen molar-refractivity contribution in [3.63, 3.8) is 0 Å². The smallest absolute Gasteiger partial charge is 0.257 e. The number of aryl methyl sites for hydroxylation is 1. The predicted molar refractivity (Wildman–Crippen MR) is 83.5 cm³/mol. The van der Waals surface area contributed by atoms with Crippen LogP contribution in [0.2, 0.25) is 0 Å². The van der Waals surface area contributed by atoms with Crippen LogP contribution in [-0.4, -0.2) is 39.9 Å². The van der Waals surface area contributed by atoms with Crippen molar-refractivity contribution in [3.8, 4) is 5.88 Å². The Balaban J connectivity index is 1.68. The van der Waals surface area contributed by atoms with E-state index in [-0.39, 0.29) is 5.41 Å². The molecule has 0 N–H and O–H groups in total. The Morgan fingerprint density at radius 2 is 2.22 bits per heavy atom. The Kier molecular flexibility index (Phi) is 3.43. The lowest BCUT2D eigenvalue weighted by Crippen LogP contribution is -2.32. The van der Waals surface area contributed by atoms with Crippen LogP contribution in [0.5, 0.6) is 5.88 Å². The van der Waals surface area contributed by atoms with Gasteiger partial charge in [0.25, 0.3) is 5.88 Å². The molecule has 1 aliphatic carbocycles. The van der Waals surface area contributed by atoms with Gasteiger partial charge in [0.2, 0.25) is 11.8 Å². The maximum Gasteiger partial charge on any atom is 0.257 e. The number of rotatable bonds is 4. The van der Waals surface area contributed by atoms with Crippen LogP contribution < -0.4 is 9.64 Å². The Bertz CT molecular complexity index is 703. The van der Waals surface area contributed by atoms with Crippen LogP contribution in [0, 0.1) is 12.8 Å². The minimum Gasteiger partial charge on any atom is -0.475 e. The lowest BCUT2D eigenvalue weighted by Gasteiger charge is -2.25. The van der Waals surface area contributed by atoms with Crippen molar-refractivity contribution in [2.24, 2.45) is 5.92 Å². The average Bonchev–Trinajstić information content (AvgIpc) is 3.21. The summed E-state index contributed by atoms with van der Waals surface area (Å²) in [4.78, 5) is 11.1. The van der Waals surface area contributed by atoms with E-state index in [0.29, 0.717) is 24.3 Å². The molecule has 0 spiro atoms. The number of fused-ring (bicyclic) bond motifs is 1. The number of anilines is 1. The van der Waals surface area contributed by atoms with Crippen molar-refractivity contribution in [2.45, 2.75) is 38.5 Å². The summed E-state index contributed by atoms with van der Waals surface area (Å²) in [5.41, 5.74) is -0.0533. The summed E-state index contributed by atoms with van der Waals surface area (Å²) in [5, 5.41) is 8.38. The van der Waals surface area contributed by atoms with E-state index in [0.717, 1.165) is 31.2 Å². The first-order valence-electron chi connectivity index (χ1n) is 8.22. The molecule has 23 heavy (non-hydrogen) atoms. The van der Waals surface area contributed by atoms with Crippen LogP contribution in [0.25, 0.3) is 0 Å². The molecule has 2 fully saturated rings. The van der Waals surface area contributed by atoms with Crippen molar-refractivity contribution in [2.75, 3.05) is 24.6 Å². The van der Waals surface area contributed by atoms with Gasteiger partial charge in [-0.2, -0.15) is 0 Å². The van der Waals surface area contributed by atoms with Crippen LogP contribution in [0.3, 0.4) is 0 Å². The first-order chi connectivity index (χ1) is 11.2. The second-order valence-electron chi connectivity index (χ2n) is 6.37. The average molecular weight is 315 g/mol. The van der Waals surface area contributed by atoms with Crippen LogP contribution in [0.1, 0.15) is 38.0 Å². The number of aromatic nitrogens is 4. The fourth-order valence-corrected chi connectivity index (χ4v) is 4.07. The van der Waals surface area contributed by atoms with E-state index in [1.54, 1.807) is 12.4 Å². The van der Waals surface area contributed by atoms with E-state index < -0.39 is 0 Å². The number of ether oxygens (including phenoxy) is 1. The van der Waals surface area contributed by atoms with Crippen molar-refractivity contribution >= 4 is 5.82 Å². The quantitative estimate of drug-likeness (QED) is 0.855. The second kappa shape index (κ2) is 5.47. The standard InChI is InChI=1S/C16H21N5O2/c1-3-22-14-13(17-7-8-18-14)21-9-12-5-4-6-16(12,10-21)15-20-19-11(2)23-15/h7-8,12H,3-6,9-10H2,1-2H3/t12-,16-/m0/s1. The highest BCUT2D eigenvalue weighted by Gasteiger charge is 2.54. The van der Waals surface area contributed by atoms with Gasteiger partial charge in [-0.25, -0.2) is 9.97 Å². The normalized spacial score (nSPS) is 26.5. The predicted octanol–water partition coefficient (Wildman–Crippen LogP) is 2.12. The Morgan fingerprint density at radius 3 is 3.00 bits per heavy atom. The fourth-order valence-electron chi connectivity index (χ4n) is 4.07. The van der Waals surface area contributed by atoms with Gasteiger partial charge in [-0.05, 0) is 25.7 Å². The molecule has 2 aliphatic rings. The number of hydrogen-bond donors (Lipinski definition) is 0. The molecule has 2 aromatic rings. The van der Waals surface area contributed by atoms with E-state index >= 15 is 0 Å². The Hall–Kier alpha value is -2.18. The molecule has 122 valence electrons. The molecular formula is C16H21N5O2. The van der Waals surface area contributed by atoms with E-state index in [2.05, 4.69) is 25.1 Å². The summed E-state index contributed by atoms with van der Waals surface area (Å²) in [7, 11) is 0. The Labute approximate surface area is 135 Å². The molecule has 2 atom stereocenters. The lowest BCUT2D eigenvalue weighted by atomic mass is 9.80. The van der Waals surface area contributed by atoms with Gasteiger partial charge in [0.1, 0.15) is 0 Å². The summed E-state index contributed by atoms with van der Waals surface area (Å²) in [6, 6.07) is 0. The van der Waals surface area contributed by atoms with Gasteiger partial charge in [0.05, 0.1) is 12.0 Å². The van der Waals surface area contributed by atoms with Crippen molar-refractivity contribution < 1.29 is 9.15 Å². The van der Waals surface area contributed by atoms with E-state index in [1.807, 2.05) is 13.8 Å². The van der Waals surface area contributed by atoms with Gasteiger partial charge >= 0.3 is 0 Å². The highest BCUT2D eigenvalue weighted by Crippen LogP contribution is 2.51. The molecule has 1 aliphatic heterocycles. The summed E-state index contributed by atoms with van der Waals surface area (Å²) in [6.45, 7) is 6.15. The molecule has 4 rings (SSSR count). The third kappa shape index (κ3) is 2.26. The molecule has 1 saturated carbocycles. The van der Waals surface area contributed by atoms with Gasteiger partial charge in [-0.15, -0.1) is 10.2 Å². The molecule has 0 amide bonds. The van der Waals surface area contributed by atoms with Crippen LogP contribution >= 0.6 is 0 Å². The topological polar surface area (TPSA) is 77.2 Å². The summed E-state index contributed by atoms with van der Waals surface area (Å²) in [6.07, 6.45) is 6.86. The minimum atomic E-state index is -0.0533. The second-order valence-corrected chi connectivity index (χ2v) is 6.37. The zero-order valence-electron chi connectivity index (χ0n) is 13.5. The first kappa shape index (κ1) is 14.4. The summed E-state index contributed by atoms with van der Waals surface area (Å²) >= 11 is 0.